The molecule has 0 fully saturated rings. The van der Waals surface area contributed by atoms with Gasteiger partial charge < -0.3 is 10.4 Å². The summed E-state index contributed by atoms with van der Waals surface area (Å²) < 4.78 is 0. The zero-order valence-corrected chi connectivity index (χ0v) is 7.04. The van der Waals surface area contributed by atoms with Gasteiger partial charge in [0, 0.05) is 6.54 Å². The Kier molecular flexibility index (Phi) is 4.76. The number of carboxylic acid groups (broad SMARTS) is 1. The Morgan fingerprint density at radius 1 is 1.67 bits per heavy atom. The van der Waals surface area contributed by atoms with Crippen molar-refractivity contribution < 1.29 is 14.7 Å². The number of hydrogen-bond acceptors (Lipinski definition) is 2. The highest BCUT2D eigenvalue weighted by atomic mass is 16.4. The first kappa shape index (κ1) is 10.7. The van der Waals surface area contributed by atoms with Gasteiger partial charge in [0.05, 0.1) is 0 Å². The molecule has 0 radical (unpaired) electrons. The first-order valence-corrected chi connectivity index (χ1v) is 3.74. The molecule has 1 amide bonds. The van der Waals surface area contributed by atoms with Crippen LogP contribution in [0.25, 0.3) is 0 Å². The van der Waals surface area contributed by atoms with E-state index in [-0.39, 0.29) is 0 Å². The van der Waals surface area contributed by atoms with Crippen LogP contribution in [0.4, 0.5) is 0 Å². The van der Waals surface area contributed by atoms with Crippen LogP contribution in [0, 0.1) is 5.92 Å². The lowest BCUT2D eigenvalue weighted by Crippen LogP contribution is -2.34. The van der Waals surface area contributed by atoms with Crippen LogP contribution in [0.2, 0.25) is 0 Å². The van der Waals surface area contributed by atoms with Gasteiger partial charge in [-0.1, -0.05) is 13.0 Å². The molecule has 0 aliphatic heterocycles. The highest BCUT2D eigenvalue weighted by Crippen LogP contribution is 2.01. The van der Waals surface area contributed by atoms with E-state index in [9.17, 15) is 9.59 Å². The van der Waals surface area contributed by atoms with E-state index < -0.39 is 17.8 Å². The summed E-state index contributed by atoms with van der Waals surface area (Å²) in [6, 6.07) is 0. The molecule has 2 N–H and O–H groups in total. The Labute approximate surface area is 71.3 Å². The zero-order valence-electron chi connectivity index (χ0n) is 7.04. The minimum Gasteiger partial charge on any atom is -0.481 e. The van der Waals surface area contributed by atoms with Crippen molar-refractivity contribution in [2.45, 2.75) is 13.3 Å². The fourth-order valence-electron chi connectivity index (χ4n) is 0.768. The Bertz CT molecular complexity index is 189. The minimum atomic E-state index is -1.08. The number of hydrogen-bond donors (Lipinski definition) is 2. The molecular formula is C8H13NO3. The third-order valence-electron chi connectivity index (χ3n) is 1.44. The van der Waals surface area contributed by atoms with Gasteiger partial charge in [0.2, 0.25) is 5.91 Å². The summed E-state index contributed by atoms with van der Waals surface area (Å²) in [6.07, 6.45) is 1.81. The number of carboxylic acids is 1. The molecular weight excluding hydrogens is 158 g/mol. The van der Waals surface area contributed by atoms with Crippen LogP contribution < -0.4 is 5.32 Å². The summed E-state index contributed by atoms with van der Waals surface area (Å²) in [5.74, 6) is -2.48. The molecule has 0 aromatic heterocycles. The molecule has 1 atom stereocenters. The third-order valence-corrected chi connectivity index (χ3v) is 1.44. The Morgan fingerprint density at radius 3 is 2.58 bits per heavy atom. The first-order chi connectivity index (χ1) is 5.63. The van der Waals surface area contributed by atoms with E-state index in [2.05, 4.69) is 11.9 Å². The van der Waals surface area contributed by atoms with E-state index in [0.29, 0.717) is 13.0 Å². The molecule has 4 nitrogen and oxygen atoms in total. The molecule has 0 saturated carbocycles. The monoisotopic (exact) mass is 171 g/mol. The van der Waals surface area contributed by atoms with Gasteiger partial charge in [-0.05, 0) is 6.42 Å². The highest BCUT2D eigenvalue weighted by molar-refractivity contribution is 5.96. The molecule has 0 aliphatic rings. The third kappa shape index (κ3) is 3.18. The predicted molar refractivity (Wildman–Crippen MR) is 44.6 cm³/mol. The van der Waals surface area contributed by atoms with Crippen molar-refractivity contribution in [2.75, 3.05) is 6.54 Å². The highest BCUT2D eigenvalue weighted by Gasteiger charge is 2.22. The van der Waals surface area contributed by atoms with E-state index in [4.69, 9.17) is 5.11 Å². The van der Waals surface area contributed by atoms with Crippen molar-refractivity contribution in [1.29, 1.82) is 0 Å². The lowest BCUT2D eigenvalue weighted by molar-refractivity contribution is -0.147. The van der Waals surface area contributed by atoms with Crippen molar-refractivity contribution in [3.63, 3.8) is 0 Å². The van der Waals surface area contributed by atoms with Crippen LogP contribution in [0.3, 0.4) is 0 Å². The molecule has 0 bridgehead atoms. The zero-order chi connectivity index (χ0) is 9.56. The summed E-state index contributed by atoms with van der Waals surface area (Å²) >= 11 is 0. The molecule has 0 aromatic carbocycles. The second kappa shape index (κ2) is 5.35. The van der Waals surface area contributed by atoms with Gasteiger partial charge in [0.25, 0.3) is 0 Å². The largest absolute Gasteiger partial charge is 0.481 e. The lowest BCUT2D eigenvalue weighted by atomic mass is 10.1. The Balaban J connectivity index is 4.03. The van der Waals surface area contributed by atoms with Gasteiger partial charge in [-0.3, -0.25) is 9.59 Å². The van der Waals surface area contributed by atoms with E-state index in [1.54, 1.807) is 6.92 Å². The molecule has 1 unspecified atom stereocenters. The SMILES string of the molecule is C=CCNC(=O)C(CC)C(=O)O. The minimum absolute atomic E-state index is 0.304. The van der Waals surface area contributed by atoms with Gasteiger partial charge in [-0.2, -0.15) is 0 Å². The lowest BCUT2D eigenvalue weighted by Gasteiger charge is -2.08. The first-order valence-electron chi connectivity index (χ1n) is 3.74. The number of amides is 1. The molecule has 0 aliphatic carbocycles. The van der Waals surface area contributed by atoms with Crippen molar-refractivity contribution in [2.24, 2.45) is 5.92 Å². The van der Waals surface area contributed by atoms with Crippen LogP contribution in [-0.4, -0.2) is 23.5 Å². The molecule has 68 valence electrons. The van der Waals surface area contributed by atoms with Gasteiger partial charge in [-0.15, -0.1) is 6.58 Å². The number of carbonyl (C=O) groups is 2. The van der Waals surface area contributed by atoms with Crippen molar-refractivity contribution in [3.8, 4) is 0 Å². The normalized spacial score (nSPS) is 11.8. The van der Waals surface area contributed by atoms with Crippen LogP contribution in [0.15, 0.2) is 12.7 Å². The maximum absolute atomic E-state index is 11.0. The van der Waals surface area contributed by atoms with E-state index in [1.807, 2.05) is 0 Å². The second-order valence-corrected chi connectivity index (χ2v) is 2.33. The maximum Gasteiger partial charge on any atom is 0.316 e. The van der Waals surface area contributed by atoms with E-state index >= 15 is 0 Å². The number of nitrogens with one attached hydrogen (secondary N) is 1. The van der Waals surface area contributed by atoms with Crippen LogP contribution >= 0.6 is 0 Å². The molecule has 4 heteroatoms. The van der Waals surface area contributed by atoms with Crippen molar-refractivity contribution >= 4 is 11.9 Å². The van der Waals surface area contributed by atoms with E-state index in [0.717, 1.165) is 0 Å². The number of carbonyl (C=O) groups excluding carboxylic acids is 1. The molecule has 0 aromatic rings. The van der Waals surface area contributed by atoms with Crippen molar-refractivity contribution in [1.82, 2.24) is 5.32 Å². The summed E-state index contributed by atoms with van der Waals surface area (Å²) in [5.41, 5.74) is 0. The van der Waals surface area contributed by atoms with Gasteiger partial charge in [-0.25, -0.2) is 0 Å². The molecule has 0 spiro atoms. The standard InChI is InChI=1S/C8H13NO3/c1-3-5-9-7(10)6(4-2)8(11)12/h3,6H,1,4-5H2,2H3,(H,9,10)(H,11,12). The molecule has 12 heavy (non-hydrogen) atoms. The number of rotatable bonds is 5. The van der Waals surface area contributed by atoms with Gasteiger partial charge >= 0.3 is 5.97 Å². The molecule has 0 rings (SSSR count). The summed E-state index contributed by atoms with van der Waals surface area (Å²) in [6.45, 7) is 5.37. The van der Waals surface area contributed by atoms with Gasteiger partial charge in [0.1, 0.15) is 5.92 Å². The summed E-state index contributed by atoms with van der Waals surface area (Å²) in [4.78, 5) is 21.5. The fraction of sp³-hybridized carbons (Fsp3) is 0.500. The average Bonchev–Trinajstić information content (AvgIpc) is 2.01. The summed E-state index contributed by atoms with van der Waals surface area (Å²) in [7, 11) is 0. The molecule has 0 heterocycles. The summed E-state index contributed by atoms with van der Waals surface area (Å²) in [5, 5.41) is 11.0. The van der Waals surface area contributed by atoms with Crippen LogP contribution in [-0.2, 0) is 9.59 Å². The van der Waals surface area contributed by atoms with Gasteiger partial charge in [0.15, 0.2) is 0 Å². The molecule has 0 saturated heterocycles. The predicted octanol–water partition coefficient (Wildman–Crippen LogP) is 0.399. The number of aliphatic carboxylic acids is 1. The van der Waals surface area contributed by atoms with Crippen LogP contribution in [0.5, 0.6) is 0 Å². The second-order valence-electron chi connectivity index (χ2n) is 2.33. The Morgan fingerprint density at radius 2 is 2.25 bits per heavy atom. The van der Waals surface area contributed by atoms with Crippen LogP contribution in [0.1, 0.15) is 13.3 Å². The fourth-order valence-corrected chi connectivity index (χ4v) is 0.768. The van der Waals surface area contributed by atoms with Crippen molar-refractivity contribution in [3.05, 3.63) is 12.7 Å². The maximum atomic E-state index is 11.0. The van der Waals surface area contributed by atoms with E-state index in [1.165, 1.54) is 6.08 Å². The quantitative estimate of drug-likeness (QED) is 0.464. The topological polar surface area (TPSA) is 66.4 Å². The Hall–Kier alpha value is -1.32. The smallest absolute Gasteiger partial charge is 0.316 e. The average molecular weight is 171 g/mol.